The van der Waals surface area contributed by atoms with Crippen molar-refractivity contribution >= 4 is 28.3 Å². The molecule has 2 aromatic carbocycles. The minimum absolute atomic E-state index is 0.238. The van der Waals surface area contributed by atoms with E-state index in [1.165, 1.54) is 22.8 Å². The Hall–Kier alpha value is -3.52. The minimum atomic E-state index is -0.380. The van der Waals surface area contributed by atoms with Crippen LogP contribution >= 0.6 is 11.3 Å². The van der Waals surface area contributed by atoms with Gasteiger partial charge in [-0.2, -0.15) is 9.50 Å². The Balaban J connectivity index is 1.71. The van der Waals surface area contributed by atoms with Crippen molar-refractivity contribution in [2.75, 3.05) is 7.11 Å². The van der Waals surface area contributed by atoms with Gasteiger partial charge in [-0.15, -0.1) is 5.10 Å². The first kappa shape index (κ1) is 17.9. The molecule has 0 aliphatic heterocycles. The van der Waals surface area contributed by atoms with Crippen LogP contribution in [0, 0.1) is 0 Å². The molecule has 0 bridgehead atoms. The second-order valence-electron chi connectivity index (χ2n) is 5.91. The summed E-state index contributed by atoms with van der Waals surface area (Å²) in [5.74, 6) is 1.16. The van der Waals surface area contributed by atoms with Crippen LogP contribution in [-0.4, -0.2) is 27.7 Å². The number of fused-ring (bicyclic) bond motifs is 1. The van der Waals surface area contributed by atoms with Gasteiger partial charge >= 0.3 is 5.97 Å². The normalized spacial score (nSPS) is 11.7. The lowest BCUT2D eigenvalue weighted by atomic mass is 10.2. The number of carbonyl (C=O) groups excluding carboxylic acids is 1. The van der Waals surface area contributed by atoms with Crippen LogP contribution in [0.4, 0.5) is 0 Å². The molecule has 0 unspecified atom stereocenters. The summed E-state index contributed by atoms with van der Waals surface area (Å²) in [4.78, 5) is 28.6. The van der Waals surface area contributed by atoms with E-state index < -0.39 is 0 Å². The molecule has 0 saturated carbocycles. The zero-order valence-electron chi connectivity index (χ0n) is 15.1. The molecular formula is C20H15N3O4S. The molecule has 0 saturated heterocycles. The molecule has 0 aliphatic rings. The number of rotatable bonds is 4. The maximum atomic E-state index is 12.7. The monoisotopic (exact) mass is 393 g/mol. The predicted octanol–water partition coefficient (Wildman–Crippen LogP) is 2.30. The molecule has 4 rings (SSSR count). The van der Waals surface area contributed by atoms with Gasteiger partial charge < -0.3 is 9.47 Å². The molecule has 7 nitrogen and oxygen atoms in total. The van der Waals surface area contributed by atoms with Crippen molar-refractivity contribution in [1.82, 2.24) is 14.6 Å². The lowest BCUT2D eigenvalue weighted by molar-refractivity contribution is -0.131. The van der Waals surface area contributed by atoms with Gasteiger partial charge in [0.2, 0.25) is 4.96 Å². The highest BCUT2D eigenvalue weighted by Gasteiger charge is 2.14. The summed E-state index contributed by atoms with van der Waals surface area (Å²) >= 11 is 1.26. The number of esters is 1. The molecule has 0 fully saturated rings. The van der Waals surface area contributed by atoms with E-state index in [4.69, 9.17) is 9.47 Å². The number of benzene rings is 2. The van der Waals surface area contributed by atoms with E-state index >= 15 is 0 Å². The molecule has 0 radical (unpaired) electrons. The van der Waals surface area contributed by atoms with Crippen molar-refractivity contribution in [2.45, 2.75) is 6.92 Å². The van der Waals surface area contributed by atoms with Crippen LogP contribution in [0.1, 0.15) is 12.5 Å². The van der Waals surface area contributed by atoms with Crippen LogP contribution in [0.15, 0.2) is 53.3 Å². The summed E-state index contributed by atoms with van der Waals surface area (Å²) in [6.07, 6.45) is 1.75. The molecule has 140 valence electrons. The lowest BCUT2D eigenvalue weighted by Crippen LogP contribution is -2.23. The third-order valence-corrected chi connectivity index (χ3v) is 4.93. The van der Waals surface area contributed by atoms with E-state index in [9.17, 15) is 9.59 Å². The molecular weight excluding hydrogens is 378 g/mol. The average Bonchev–Trinajstić information content (AvgIpc) is 3.22. The van der Waals surface area contributed by atoms with Gasteiger partial charge in [0.1, 0.15) is 11.5 Å². The van der Waals surface area contributed by atoms with Crippen molar-refractivity contribution in [3.63, 3.8) is 0 Å². The topological polar surface area (TPSA) is 82.8 Å². The number of methoxy groups -OCH3 is 1. The fourth-order valence-electron chi connectivity index (χ4n) is 2.73. The van der Waals surface area contributed by atoms with Crippen molar-refractivity contribution in [3.8, 4) is 22.9 Å². The van der Waals surface area contributed by atoms with Gasteiger partial charge in [0, 0.05) is 6.92 Å². The van der Waals surface area contributed by atoms with Crippen LogP contribution in [-0.2, 0) is 4.79 Å². The van der Waals surface area contributed by atoms with Crippen molar-refractivity contribution in [1.29, 1.82) is 0 Å². The largest absolute Gasteiger partial charge is 0.496 e. The number of carbonyl (C=O) groups is 1. The molecule has 0 atom stereocenters. The molecule has 4 aromatic rings. The average molecular weight is 393 g/mol. The molecule has 2 aromatic heterocycles. The van der Waals surface area contributed by atoms with Crippen molar-refractivity contribution in [2.24, 2.45) is 0 Å². The fourth-order valence-corrected chi connectivity index (χ4v) is 3.63. The molecule has 28 heavy (non-hydrogen) atoms. The molecule has 0 N–H and O–H groups in total. The first-order valence-electron chi connectivity index (χ1n) is 8.38. The molecule has 0 spiro atoms. The van der Waals surface area contributed by atoms with E-state index in [1.807, 2.05) is 24.3 Å². The molecule has 0 amide bonds. The number of para-hydroxylation sites is 1. The van der Waals surface area contributed by atoms with Crippen LogP contribution in [0.5, 0.6) is 11.5 Å². The highest BCUT2D eigenvalue weighted by Crippen LogP contribution is 2.27. The van der Waals surface area contributed by atoms with E-state index in [0.29, 0.717) is 26.8 Å². The van der Waals surface area contributed by atoms with Crippen LogP contribution in [0.3, 0.4) is 0 Å². The van der Waals surface area contributed by atoms with Gasteiger partial charge in [0.05, 0.1) is 17.2 Å². The molecule has 8 heteroatoms. The maximum Gasteiger partial charge on any atom is 0.308 e. The summed E-state index contributed by atoms with van der Waals surface area (Å²) in [6, 6.07) is 14.3. The zero-order valence-corrected chi connectivity index (χ0v) is 15.9. The van der Waals surface area contributed by atoms with E-state index in [0.717, 1.165) is 11.1 Å². The molecule has 0 aliphatic carbocycles. The number of hydrogen-bond acceptors (Lipinski definition) is 7. The number of thiazole rings is 1. The van der Waals surface area contributed by atoms with Crippen molar-refractivity contribution in [3.05, 3.63) is 69.0 Å². The van der Waals surface area contributed by atoms with Crippen LogP contribution in [0.2, 0.25) is 0 Å². The van der Waals surface area contributed by atoms with Gasteiger partial charge in [-0.05, 0) is 35.9 Å². The first-order valence-corrected chi connectivity index (χ1v) is 9.20. The predicted molar refractivity (Wildman–Crippen MR) is 106 cm³/mol. The lowest BCUT2D eigenvalue weighted by Gasteiger charge is -2.03. The summed E-state index contributed by atoms with van der Waals surface area (Å²) < 4.78 is 12.2. The second-order valence-corrected chi connectivity index (χ2v) is 6.92. The van der Waals surface area contributed by atoms with Gasteiger partial charge in [-0.3, -0.25) is 9.59 Å². The van der Waals surface area contributed by atoms with E-state index in [1.54, 1.807) is 37.5 Å². The standard InChI is InChI=1S/C20H15N3O4S/c1-12(24)27-14-9-7-13(8-10-14)11-17-19(25)23-20(28-17)21-18(22-23)15-5-3-4-6-16(15)26-2/h3-11H,1-2H3/b17-11-. The smallest absolute Gasteiger partial charge is 0.308 e. The number of ether oxygens (including phenoxy) is 2. The quantitative estimate of drug-likeness (QED) is 0.391. The summed E-state index contributed by atoms with van der Waals surface area (Å²) in [5.41, 5.74) is 1.30. The number of hydrogen-bond donors (Lipinski definition) is 0. The fraction of sp³-hybridized carbons (Fsp3) is 0.100. The first-order chi connectivity index (χ1) is 13.5. The Labute approximate surface area is 163 Å². The second kappa shape index (κ2) is 7.24. The summed E-state index contributed by atoms with van der Waals surface area (Å²) in [7, 11) is 1.58. The van der Waals surface area contributed by atoms with E-state index in [-0.39, 0.29) is 11.5 Å². The zero-order chi connectivity index (χ0) is 19.7. The highest BCUT2D eigenvalue weighted by molar-refractivity contribution is 7.15. The Kier molecular flexibility index (Phi) is 4.62. The Morgan fingerprint density at radius 1 is 1.14 bits per heavy atom. The van der Waals surface area contributed by atoms with Crippen molar-refractivity contribution < 1.29 is 14.3 Å². The van der Waals surface area contributed by atoms with Gasteiger partial charge in [-0.1, -0.05) is 35.6 Å². The number of aromatic nitrogens is 3. The third-order valence-electron chi connectivity index (χ3n) is 3.97. The van der Waals surface area contributed by atoms with Crippen LogP contribution in [0.25, 0.3) is 22.4 Å². The Morgan fingerprint density at radius 2 is 1.89 bits per heavy atom. The van der Waals surface area contributed by atoms with Crippen LogP contribution < -0.4 is 19.6 Å². The Morgan fingerprint density at radius 3 is 2.57 bits per heavy atom. The van der Waals surface area contributed by atoms with E-state index in [2.05, 4.69) is 10.1 Å². The van der Waals surface area contributed by atoms with Gasteiger partial charge in [-0.25, -0.2) is 0 Å². The number of nitrogens with zero attached hydrogens (tertiary/aromatic N) is 3. The summed E-state index contributed by atoms with van der Waals surface area (Å²) in [5, 5.41) is 4.35. The van der Waals surface area contributed by atoms with Gasteiger partial charge in [0.25, 0.3) is 5.56 Å². The van der Waals surface area contributed by atoms with Gasteiger partial charge in [0.15, 0.2) is 5.82 Å². The Bertz CT molecular complexity index is 1280. The summed E-state index contributed by atoms with van der Waals surface area (Å²) in [6.45, 7) is 1.34. The molecule has 2 heterocycles. The third kappa shape index (κ3) is 3.37. The highest BCUT2D eigenvalue weighted by atomic mass is 32.1. The SMILES string of the molecule is COc1ccccc1-c1nc2s/c(=C\c3ccc(OC(C)=O)cc3)c(=O)n2n1. The maximum absolute atomic E-state index is 12.7. The minimum Gasteiger partial charge on any atom is -0.496 e.